The Morgan fingerprint density at radius 1 is 0.463 bits per heavy atom. The van der Waals surface area contributed by atoms with Crippen molar-refractivity contribution in [1.29, 1.82) is 0 Å². The minimum atomic E-state index is -5.19. The number of piperidine rings is 1. The highest BCUT2D eigenvalue weighted by atomic mass is 19.4. The smallest absolute Gasteiger partial charge is 0.388 e. The number of nitrogens with one attached hydrogen (secondary N) is 5. The molecule has 8 rings (SSSR count). The number of hydrogen-bond donors (Lipinski definition) is 9. The number of rotatable bonds is 68. The van der Waals surface area contributed by atoms with Crippen molar-refractivity contribution in [2.75, 3.05) is 205 Å². The van der Waals surface area contributed by atoms with E-state index in [4.69, 9.17) is 80.5 Å². The SMILES string of the molecule is O=C(CCOCC(COCCC(=O)NCCCOCCCOCCCOCCCOCC[C@@]12CO[C@@H](O1)[C@H](NC(=O)C(F)(F)F)[C@@H](O)[C@H]2O)NC(=O)COCCCOCCCOCCCn1ccc2c(CN3CCCCC3c3ccccc3)cccc21)NCCCOCCCOCCCOCCCOCC[C@@]12CO[C@@H](O1)[C@H](NC(=O)C(F)(F)F)[C@@H](O)[C@H]2O. The van der Waals surface area contributed by atoms with Crippen LogP contribution in [0.1, 0.15) is 133 Å². The molecule has 700 valence electrons. The lowest BCUT2D eigenvalue weighted by molar-refractivity contribution is -0.232. The van der Waals surface area contributed by atoms with E-state index in [9.17, 15) is 70.7 Å². The van der Waals surface area contributed by atoms with Crippen LogP contribution >= 0.6 is 0 Å². The number of aliphatic hydroxyl groups is 4. The number of nitrogens with zero attached hydrogens (tertiary/aromatic N) is 2. The maximum atomic E-state index is 13.1. The molecule has 6 heterocycles. The zero-order valence-electron chi connectivity index (χ0n) is 70.5. The number of aliphatic hydroxyl groups excluding tert-OH is 4. The Labute approximate surface area is 715 Å². The fraction of sp³-hybridized carbons (Fsp3) is 0.774. The summed E-state index contributed by atoms with van der Waals surface area (Å²) in [4.78, 5) is 63.9. The Kier molecular flexibility index (Phi) is 47.5. The largest absolute Gasteiger partial charge is 0.471 e. The Balaban J connectivity index is 0.599. The fourth-order valence-electron chi connectivity index (χ4n) is 14.7. The topological polar surface area (TPSA) is 392 Å². The number of carbonyl (C=O) groups is 5. The molecule has 39 heteroatoms. The normalized spacial score (nSPS) is 22.8. The molecular formula is C84H131F6N7O26. The van der Waals surface area contributed by atoms with Gasteiger partial charge in [-0.3, -0.25) is 28.9 Å². The van der Waals surface area contributed by atoms with Crippen molar-refractivity contribution in [3.8, 4) is 0 Å². The molecule has 2 aromatic carbocycles. The maximum absolute atomic E-state index is 13.1. The highest BCUT2D eigenvalue weighted by Gasteiger charge is 2.62. The van der Waals surface area contributed by atoms with Crippen LogP contribution < -0.4 is 26.6 Å². The molecule has 5 fully saturated rings. The van der Waals surface area contributed by atoms with Crippen molar-refractivity contribution in [2.45, 2.75) is 213 Å². The van der Waals surface area contributed by atoms with E-state index in [1.165, 1.54) is 41.3 Å². The maximum Gasteiger partial charge on any atom is 0.471 e. The number of hydrogen-bond acceptors (Lipinski definition) is 27. The number of alkyl halides is 6. The van der Waals surface area contributed by atoms with Gasteiger partial charge < -0.3 is 132 Å². The predicted octanol–water partition coefficient (Wildman–Crippen LogP) is 4.94. The van der Waals surface area contributed by atoms with Crippen LogP contribution in [0.3, 0.4) is 0 Å². The molecule has 1 aromatic heterocycles. The first-order valence-electron chi connectivity index (χ1n) is 43.3. The van der Waals surface area contributed by atoms with Crippen LogP contribution in [0.25, 0.3) is 10.9 Å². The minimum Gasteiger partial charge on any atom is -0.388 e. The lowest BCUT2D eigenvalue weighted by atomic mass is 9.85. The van der Waals surface area contributed by atoms with Crippen molar-refractivity contribution in [3.63, 3.8) is 0 Å². The van der Waals surface area contributed by atoms with Crippen molar-refractivity contribution in [1.82, 2.24) is 36.1 Å². The highest BCUT2D eigenvalue weighted by Crippen LogP contribution is 2.42. The Morgan fingerprint density at radius 2 is 0.878 bits per heavy atom. The Morgan fingerprint density at radius 3 is 1.32 bits per heavy atom. The molecule has 4 bridgehead atoms. The number of amides is 5. The molecule has 5 saturated heterocycles. The van der Waals surface area contributed by atoms with E-state index in [0.29, 0.717) is 202 Å². The quantitative estimate of drug-likeness (QED) is 0.0267. The van der Waals surface area contributed by atoms with Crippen LogP contribution in [0, 0.1) is 0 Å². The summed E-state index contributed by atoms with van der Waals surface area (Å²) in [6.07, 6.45) is -6.39. The van der Waals surface area contributed by atoms with E-state index >= 15 is 0 Å². The second-order valence-electron chi connectivity index (χ2n) is 31.0. The standard InChI is InChI=1S/C84H131F6N7O26/c85-83(86,87)79(105)94-71-73(101)75(103)81(60-120-77(71)122-81)26-54-115-49-15-46-112-44-13-42-110-39-10-36-107-33-7-28-91-68(98)24-52-118-57-64(93-70(100)59-117-51-17-48-114-41-12-38-109-35-9-31-96-32-23-65-63(20-6-22-67(65)96)56-97-30-5-4-21-66(97)62-18-2-1-3-19-62)58-119-53-25-69(99)92-29-8-34-108-37-11-40-111-43-14-45-113-47-16-50-116-55-27-82-61-121-78(123-82)72(74(102)76(82)104)95-80(106)84(88,89)90/h1-3,6,18-20,22-23,32,64,66,71-78,101-104H,4-5,7-17,21,24-31,33-61H2,(H,91,98)(H,92,99)(H,93,100)(H,94,105)(H,95,106)/t66?,71-,72-,73-,74-,75-,76-,77+,78+,81+,82+/m1/s1. The second-order valence-corrected chi connectivity index (χ2v) is 31.0. The van der Waals surface area contributed by atoms with Gasteiger partial charge in [-0.2, -0.15) is 26.3 Å². The predicted molar refractivity (Wildman–Crippen MR) is 430 cm³/mol. The van der Waals surface area contributed by atoms with Crippen LogP contribution in [-0.4, -0.2) is 343 Å². The molecule has 0 radical (unpaired) electrons. The number of aromatic nitrogens is 1. The lowest BCUT2D eigenvalue weighted by Crippen LogP contribution is -2.66. The molecule has 0 spiro atoms. The number of ether oxygens (including phenoxy) is 17. The first kappa shape index (κ1) is 102. The molecule has 0 aliphatic carbocycles. The first-order chi connectivity index (χ1) is 59.6. The average Bonchev–Trinajstić information content (AvgIpc) is 1.62. The van der Waals surface area contributed by atoms with E-state index in [2.05, 4.69) is 86.2 Å². The summed E-state index contributed by atoms with van der Waals surface area (Å²) in [6, 6.07) is 16.4. The van der Waals surface area contributed by atoms with Crippen molar-refractivity contribution >= 4 is 40.4 Å². The number of benzene rings is 2. The Bertz CT molecular complexity index is 3310. The zero-order chi connectivity index (χ0) is 87.8. The number of likely N-dealkylation sites (tertiary alicyclic amines) is 1. The van der Waals surface area contributed by atoms with Gasteiger partial charge in [0.1, 0.15) is 54.3 Å². The molecule has 3 aromatic rings. The highest BCUT2D eigenvalue weighted by molar-refractivity contribution is 5.84. The van der Waals surface area contributed by atoms with Crippen LogP contribution in [0.4, 0.5) is 26.3 Å². The molecular weight excluding hydrogens is 1640 g/mol. The molecule has 9 N–H and O–H groups in total. The average molecular weight is 1770 g/mol. The third-order valence-corrected chi connectivity index (χ3v) is 21.3. The van der Waals surface area contributed by atoms with Gasteiger partial charge >= 0.3 is 24.2 Å². The van der Waals surface area contributed by atoms with Crippen LogP contribution in [-0.2, 0) is 118 Å². The molecule has 5 amide bonds. The molecule has 1 unspecified atom stereocenters. The third kappa shape index (κ3) is 37.0. The van der Waals surface area contributed by atoms with Gasteiger partial charge in [-0.1, -0.05) is 48.9 Å². The van der Waals surface area contributed by atoms with E-state index in [-0.39, 0.29) is 103 Å². The van der Waals surface area contributed by atoms with E-state index in [1.54, 1.807) is 10.6 Å². The van der Waals surface area contributed by atoms with E-state index in [0.717, 1.165) is 32.5 Å². The summed E-state index contributed by atoms with van der Waals surface area (Å²) in [5, 5.41) is 55.4. The summed E-state index contributed by atoms with van der Waals surface area (Å²) >= 11 is 0. The van der Waals surface area contributed by atoms with Gasteiger partial charge in [0.05, 0.1) is 45.7 Å². The van der Waals surface area contributed by atoms with Gasteiger partial charge in [-0.05, 0) is 113 Å². The van der Waals surface area contributed by atoms with Gasteiger partial charge in [0.2, 0.25) is 17.7 Å². The van der Waals surface area contributed by atoms with Gasteiger partial charge in [-0.25, -0.2) is 0 Å². The van der Waals surface area contributed by atoms with Crippen molar-refractivity contribution < 1.29 is 151 Å². The van der Waals surface area contributed by atoms with Crippen LogP contribution in [0.2, 0.25) is 0 Å². The zero-order valence-corrected chi connectivity index (χ0v) is 70.5. The molecule has 33 nitrogen and oxygen atoms in total. The van der Waals surface area contributed by atoms with Gasteiger partial charge in [0.25, 0.3) is 0 Å². The molecule has 11 atom stereocenters. The summed E-state index contributed by atoms with van der Waals surface area (Å²) in [6.45, 7) is 12.3. The molecule has 5 aliphatic heterocycles. The molecule has 123 heavy (non-hydrogen) atoms. The summed E-state index contributed by atoms with van der Waals surface area (Å²) in [7, 11) is 0. The fourth-order valence-corrected chi connectivity index (χ4v) is 14.7. The lowest BCUT2D eigenvalue weighted by Gasteiger charge is -2.43. The van der Waals surface area contributed by atoms with Crippen molar-refractivity contribution in [2.24, 2.45) is 0 Å². The monoisotopic (exact) mass is 1770 g/mol. The van der Waals surface area contributed by atoms with Gasteiger partial charge in [0, 0.05) is 214 Å². The summed E-state index contributed by atoms with van der Waals surface area (Å²) < 4.78 is 175. The third-order valence-electron chi connectivity index (χ3n) is 21.3. The Hall–Kier alpha value is -5.97. The number of carbonyl (C=O) groups excluding carboxylic acids is 5. The van der Waals surface area contributed by atoms with E-state index < -0.39 is 90.5 Å². The van der Waals surface area contributed by atoms with Crippen molar-refractivity contribution in [3.05, 3.63) is 71.9 Å². The van der Waals surface area contributed by atoms with Crippen LogP contribution in [0.15, 0.2) is 60.8 Å². The first-order valence-corrected chi connectivity index (χ1v) is 43.3. The number of halogens is 6. The molecule has 5 aliphatic rings. The van der Waals surface area contributed by atoms with Gasteiger partial charge in [0.15, 0.2) is 12.6 Å². The van der Waals surface area contributed by atoms with Gasteiger partial charge in [-0.15, -0.1) is 0 Å². The van der Waals surface area contributed by atoms with E-state index in [1.807, 2.05) is 0 Å². The second kappa shape index (κ2) is 57.1. The summed E-state index contributed by atoms with van der Waals surface area (Å²) in [5.74, 6) is -5.37. The number of aryl methyl sites for hydroxylation is 1. The minimum absolute atomic E-state index is 0.0340. The summed E-state index contributed by atoms with van der Waals surface area (Å²) in [5.41, 5.74) is 1.22. The van der Waals surface area contributed by atoms with Crippen LogP contribution in [0.5, 0.6) is 0 Å². The molecule has 0 saturated carbocycles. The number of fused-ring (bicyclic) bond motifs is 5.